The van der Waals surface area contributed by atoms with Crippen molar-refractivity contribution in [1.82, 2.24) is 10.2 Å². The van der Waals surface area contributed by atoms with Crippen molar-refractivity contribution in [2.45, 2.75) is 45.5 Å². The van der Waals surface area contributed by atoms with Crippen LogP contribution in [0.4, 0.5) is 0 Å². The summed E-state index contributed by atoms with van der Waals surface area (Å²) in [6.45, 7) is 11.1. The lowest BCUT2D eigenvalue weighted by molar-refractivity contribution is 0.0689. The van der Waals surface area contributed by atoms with E-state index in [2.05, 4.69) is 60.0 Å². The zero-order valence-corrected chi connectivity index (χ0v) is 13.9. The number of aromatic amines is 1. The van der Waals surface area contributed by atoms with Gasteiger partial charge in [-0.25, -0.2) is 4.79 Å². The fourth-order valence-electron chi connectivity index (χ4n) is 1.07. The van der Waals surface area contributed by atoms with Crippen LogP contribution in [0.5, 0.6) is 0 Å². The number of halogens is 1. The van der Waals surface area contributed by atoms with Crippen LogP contribution in [0.3, 0.4) is 0 Å². The lowest BCUT2D eigenvalue weighted by Crippen LogP contribution is -2.40. The van der Waals surface area contributed by atoms with Crippen LogP contribution in [0.2, 0.25) is 18.1 Å². The molecule has 0 spiro atoms. The Labute approximate surface area is 116 Å². The summed E-state index contributed by atoms with van der Waals surface area (Å²) in [5.74, 6) is -1.06. The molecule has 0 aliphatic heterocycles. The molecule has 7 heteroatoms. The number of carboxylic acids is 1. The van der Waals surface area contributed by atoms with Crippen LogP contribution < -0.4 is 0 Å². The Bertz CT molecular complexity index is 452. The molecule has 0 bridgehead atoms. The maximum absolute atomic E-state index is 10.9. The van der Waals surface area contributed by atoms with Crippen molar-refractivity contribution in [1.29, 1.82) is 0 Å². The largest absolute Gasteiger partial charge is 0.476 e. The third kappa shape index (κ3) is 3.21. The van der Waals surface area contributed by atoms with Crippen molar-refractivity contribution >= 4 is 30.2 Å². The second-order valence-electron chi connectivity index (χ2n) is 5.72. The molecule has 0 radical (unpaired) electrons. The molecule has 0 unspecified atom stereocenters. The molecule has 0 fully saturated rings. The Morgan fingerprint density at radius 2 is 2.06 bits per heavy atom. The van der Waals surface area contributed by atoms with E-state index < -0.39 is 14.3 Å². The lowest BCUT2D eigenvalue weighted by Gasteiger charge is -2.36. The van der Waals surface area contributed by atoms with E-state index in [4.69, 9.17) is 9.53 Å². The number of H-pyrrole nitrogens is 1. The molecule has 18 heavy (non-hydrogen) atoms. The third-order valence-corrected chi connectivity index (χ3v) is 8.69. The number of rotatable bonds is 4. The van der Waals surface area contributed by atoms with Crippen LogP contribution in [0, 0.1) is 0 Å². The fourth-order valence-corrected chi connectivity index (χ4v) is 2.47. The molecular weight excluding hydrogens is 316 g/mol. The number of nitrogens with zero attached hydrogens (tertiary/aromatic N) is 1. The molecular formula is C11H19BrN2O3Si. The molecule has 0 atom stereocenters. The van der Waals surface area contributed by atoms with Crippen LogP contribution in [0.15, 0.2) is 4.47 Å². The summed E-state index contributed by atoms with van der Waals surface area (Å²) >= 11 is 3.23. The molecule has 0 saturated heterocycles. The maximum atomic E-state index is 10.9. The van der Waals surface area contributed by atoms with E-state index in [9.17, 15) is 4.79 Å². The van der Waals surface area contributed by atoms with Crippen molar-refractivity contribution in [2.24, 2.45) is 0 Å². The quantitative estimate of drug-likeness (QED) is 0.827. The Morgan fingerprint density at radius 3 is 2.44 bits per heavy atom. The van der Waals surface area contributed by atoms with E-state index in [0.29, 0.717) is 16.8 Å². The minimum atomic E-state index is -1.84. The maximum Gasteiger partial charge on any atom is 0.357 e. The predicted molar refractivity (Wildman–Crippen MR) is 75.2 cm³/mol. The minimum absolute atomic E-state index is 0.0103. The predicted octanol–water partition coefficient (Wildman–Crippen LogP) is 3.39. The molecule has 2 N–H and O–H groups in total. The van der Waals surface area contributed by atoms with Crippen molar-refractivity contribution in [3.8, 4) is 0 Å². The van der Waals surface area contributed by atoms with Gasteiger partial charge in [-0.2, -0.15) is 5.10 Å². The second kappa shape index (κ2) is 5.14. The first kappa shape index (κ1) is 15.4. The lowest BCUT2D eigenvalue weighted by atomic mass is 10.2. The molecule has 102 valence electrons. The van der Waals surface area contributed by atoms with E-state index in [1.54, 1.807) is 0 Å². The van der Waals surface area contributed by atoms with Crippen LogP contribution in [0.1, 0.15) is 37.0 Å². The molecule has 1 heterocycles. The zero-order chi connectivity index (χ0) is 14.1. The van der Waals surface area contributed by atoms with Gasteiger partial charge in [-0.05, 0) is 34.1 Å². The number of nitrogens with one attached hydrogen (secondary N) is 1. The highest BCUT2D eigenvalue weighted by molar-refractivity contribution is 9.10. The third-order valence-electron chi connectivity index (χ3n) is 3.36. The highest BCUT2D eigenvalue weighted by Crippen LogP contribution is 2.37. The van der Waals surface area contributed by atoms with Gasteiger partial charge in [0, 0.05) is 0 Å². The number of aromatic nitrogens is 2. The minimum Gasteiger partial charge on any atom is -0.476 e. The number of hydrogen-bond acceptors (Lipinski definition) is 3. The standard InChI is InChI=1S/C11H19BrN2O3Si/c1-11(2,3)18(4,5)17-6-7-8(12)9(10(15)16)14-13-7/h6H2,1-5H3,(H,13,14)(H,15,16). The summed E-state index contributed by atoms with van der Waals surface area (Å²) in [4.78, 5) is 10.9. The summed E-state index contributed by atoms with van der Waals surface area (Å²) in [5.41, 5.74) is 0.654. The van der Waals surface area contributed by atoms with Crippen LogP contribution >= 0.6 is 15.9 Å². The monoisotopic (exact) mass is 334 g/mol. The van der Waals surface area contributed by atoms with Crippen molar-refractivity contribution < 1.29 is 14.3 Å². The topological polar surface area (TPSA) is 75.2 Å². The van der Waals surface area contributed by atoms with Gasteiger partial charge in [0.1, 0.15) is 0 Å². The van der Waals surface area contributed by atoms with Gasteiger partial charge in [-0.3, -0.25) is 5.10 Å². The van der Waals surface area contributed by atoms with Gasteiger partial charge in [0.15, 0.2) is 14.0 Å². The van der Waals surface area contributed by atoms with Gasteiger partial charge in [0.05, 0.1) is 16.8 Å². The van der Waals surface area contributed by atoms with E-state index in [-0.39, 0.29) is 10.7 Å². The first-order valence-corrected chi connectivity index (χ1v) is 9.36. The van der Waals surface area contributed by atoms with E-state index >= 15 is 0 Å². The summed E-state index contributed by atoms with van der Waals surface area (Å²) in [6, 6.07) is 0. The number of aromatic carboxylic acids is 1. The second-order valence-corrected chi connectivity index (χ2v) is 11.3. The number of hydrogen-bond donors (Lipinski definition) is 2. The molecule has 1 rings (SSSR count). The summed E-state index contributed by atoms with van der Waals surface area (Å²) in [6.07, 6.45) is 0. The highest BCUT2D eigenvalue weighted by atomic mass is 79.9. The summed E-state index contributed by atoms with van der Waals surface area (Å²) < 4.78 is 6.46. The Balaban J connectivity index is 2.79. The van der Waals surface area contributed by atoms with Gasteiger partial charge in [-0.15, -0.1) is 0 Å². The average molecular weight is 335 g/mol. The molecule has 1 aromatic rings. The summed E-state index contributed by atoms with van der Waals surface area (Å²) in [7, 11) is -1.84. The Morgan fingerprint density at radius 1 is 1.50 bits per heavy atom. The molecule has 0 amide bonds. The van der Waals surface area contributed by atoms with E-state index in [1.807, 2.05) is 0 Å². The van der Waals surface area contributed by atoms with Crippen LogP contribution in [-0.2, 0) is 11.0 Å². The smallest absolute Gasteiger partial charge is 0.357 e. The molecule has 0 saturated carbocycles. The highest BCUT2D eigenvalue weighted by Gasteiger charge is 2.37. The summed E-state index contributed by atoms with van der Waals surface area (Å²) in [5, 5.41) is 15.5. The molecule has 1 aromatic heterocycles. The van der Waals surface area contributed by atoms with Crippen LogP contribution in [-0.4, -0.2) is 29.6 Å². The van der Waals surface area contributed by atoms with Crippen molar-refractivity contribution in [3.63, 3.8) is 0 Å². The first-order chi connectivity index (χ1) is 8.06. The average Bonchev–Trinajstić information content (AvgIpc) is 2.55. The Kier molecular flexibility index (Phi) is 4.40. The number of carboxylic acid groups (broad SMARTS) is 1. The van der Waals surface area contributed by atoms with Crippen LogP contribution in [0.25, 0.3) is 0 Å². The molecule has 5 nitrogen and oxygen atoms in total. The number of carbonyl (C=O) groups is 1. The van der Waals surface area contributed by atoms with Gasteiger partial charge < -0.3 is 9.53 Å². The van der Waals surface area contributed by atoms with Gasteiger partial charge in [0.25, 0.3) is 0 Å². The van der Waals surface area contributed by atoms with Gasteiger partial charge in [0.2, 0.25) is 0 Å². The van der Waals surface area contributed by atoms with Crippen molar-refractivity contribution in [2.75, 3.05) is 0 Å². The van der Waals surface area contributed by atoms with E-state index in [1.165, 1.54) is 0 Å². The molecule has 0 aliphatic rings. The zero-order valence-electron chi connectivity index (χ0n) is 11.3. The molecule has 0 aliphatic carbocycles. The Hall–Kier alpha value is -0.663. The fraction of sp³-hybridized carbons (Fsp3) is 0.636. The van der Waals surface area contributed by atoms with Crippen molar-refractivity contribution in [3.05, 3.63) is 15.9 Å². The normalized spacial score (nSPS) is 12.8. The van der Waals surface area contributed by atoms with Gasteiger partial charge in [-0.1, -0.05) is 20.8 Å². The SMILES string of the molecule is CC(C)(C)[Si](C)(C)OCc1[nH]nc(C(=O)O)c1Br. The van der Waals surface area contributed by atoms with E-state index in [0.717, 1.165) is 0 Å². The van der Waals surface area contributed by atoms with Gasteiger partial charge >= 0.3 is 5.97 Å². The molecule has 0 aromatic carbocycles. The first-order valence-electron chi connectivity index (χ1n) is 5.66.